The van der Waals surface area contributed by atoms with E-state index in [4.69, 9.17) is 16.6 Å². The van der Waals surface area contributed by atoms with Crippen molar-refractivity contribution in [3.8, 4) is 0 Å². The van der Waals surface area contributed by atoms with Crippen molar-refractivity contribution >= 4 is 40.8 Å². The Hall–Kier alpha value is -2.77. The number of piperazine rings is 1. The molecule has 3 aromatic rings. The zero-order valence-electron chi connectivity index (χ0n) is 20.3. The number of nitrogens with zero attached hydrogens (tertiary/aromatic N) is 4. The fourth-order valence-corrected chi connectivity index (χ4v) is 5.15. The van der Waals surface area contributed by atoms with Crippen molar-refractivity contribution in [2.24, 2.45) is 0 Å². The van der Waals surface area contributed by atoms with Gasteiger partial charge in [-0.3, -0.25) is 4.79 Å². The molecule has 2 aromatic carbocycles. The first-order valence-corrected chi connectivity index (χ1v) is 13.4. The van der Waals surface area contributed by atoms with Crippen LogP contribution < -0.4 is 15.1 Å². The summed E-state index contributed by atoms with van der Waals surface area (Å²) in [6.07, 6.45) is 1.83. The van der Waals surface area contributed by atoms with Gasteiger partial charge in [-0.05, 0) is 43.9 Å². The van der Waals surface area contributed by atoms with E-state index in [0.717, 1.165) is 44.8 Å². The van der Waals surface area contributed by atoms with Crippen LogP contribution in [0.4, 0.5) is 11.5 Å². The van der Waals surface area contributed by atoms with Crippen LogP contribution in [0.2, 0.25) is 5.15 Å². The van der Waals surface area contributed by atoms with Gasteiger partial charge >= 0.3 is 0 Å². The van der Waals surface area contributed by atoms with E-state index in [1.165, 1.54) is 28.6 Å². The summed E-state index contributed by atoms with van der Waals surface area (Å²) in [5.74, 6) is 1.05. The third kappa shape index (κ3) is 7.36. The predicted molar refractivity (Wildman–Crippen MR) is 146 cm³/mol. The number of para-hydroxylation sites is 1. The van der Waals surface area contributed by atoms with Crippen molar-refractivity contribution in [3.63, 3.8) is 0 Å². The number of nitrogens with one attached hydrogen (secondary N) is 1. The Kier molecular flexibility index (Phi) is 8.88. The van der Waals surface area contributed by atoms with Crippen molar-refractivity contribution in [2.75, 3.05) is 41.7 Å². The van der Waals surface area contributed by atoms with E-state index in [0.29, 0.717) is 10.3 Å². The minimum Gasteiger partial charge on any atom is -0.368 e. The molecule has 0 spiro atoms. The molecule has 1 unspecified atom stereocenters. The summed E-state index contributed by atoms with van der Waals surface area (Å²) in [6, 6.07) is 20.7. The zero-order valence-corrected chi connectivity index (χ0v) is 21.9. The molecule has 0 bridgehead atoms. The van der Waals surface area contributed by atoms with Crippen molar-refractivity contribution < 1.29 is 4.79 Å². The lowest BCUT2D eigenvalue weighted by molar-refractivity contribution is -0.119. The summed E-state index contributed by atoms with van der Waals surface area (Å²) in [5, 5.41) is 4.00. The van der Waals surface area contributed by atoms with Crippen molar-refractivity contribution in [1.82, 2.24) is 15.3 Å². The maximum Gasteiger partial charge on any atom is 0.230 e. The van der Waals surface area contributed by atoms with Gasteiger partial charge in [0.1, 0.15) is 11.0 Å². The van der Waals surface area contributed by atoms with E-state index in [9.17, 15) is 4.79 Å². The summed E-state index contributed by atoms with van der Waals surface area (Å²) >= 11 is 7.63. The number of carbonyl (C=O) groups is 1. The summed E-state index contributed by atoms with van der Waals surface area (Å²) in [6.45, 7) is 7.72. The Labute approximate surface area is 217 Å². The number of benzene rings is 2. The molecule has 1 aliphatic rings. The minimum atomic E-state index is -0.0208. The van der Waals surface area contributed by atoms with Crippen LogP contribution in [0.15, 0.2) is 65.8 Å². The number of rotatable bonds is 9. The third-order valence-electron chi connectivity index (χ3n) is 6.17. The lowest BCUT2D eigenvalue weighted by Gasteiger charge is -2.37. The monoisotopic (exact) mass is 509 g/mol. The van der Waals surface area contributed by atoms with Crippen LogP contribution >= 0.6 is 23.4 Å². The second kappa shape index (κ2) is 12.3. The molecule has 184 valence electrons. The number of aryl methyl sites for hydroxylation is 2. The first-order valence-electron chi connectivity index (χ1n) is 12.0. The first-order chi connectivity index (χ1) is 17.0. The molecule has 4 rings (SSSR count). The molecule has 1 aromatic heterocycles. The van der Waals surface area contributed by atoms with Gasteiger partial charge in [0.25, 0.3) is 0 Å². The molecule has 6 nitrogen and oxygen atoms in total. The average molecular weight is 510 g/mol. The molecule has 1 aliphatic heterocycles. The van der Waals surface area contributed by atoms with Gasteiger partial charge in [-0.15, -0.1) is 0 Å². The van der Waals surface area contributed by atoms with Crippen LogP contribution in [0.3, 0.4) is 0 Å². The highest BCUT2D eigenvalue weighted by molar-refractivity contribution is 7.99. The number of aromatic nitrogens is 2. The number of halogens is 1. The summed E-state index contributed by atoms with van der Waals surface area (Å²) < 4.78 is 0. The van der Waals surface area contributed by atoms with Crippen molar-refractivity contribution in [3.05, 3.63) is 76.9 Å². The zero-order chi connectivity index (χ0) is 24.6. The van der Waals surface area contributed by atoms with Crippen LogP contribution in [-0.2, 0) is 11.2 Å². The molecular formula is C27H32ClN5OS. The molecule has 8 heteroatoms. The van der Waals surface area contributed by atoms with Crippen LogP contribution in [0.1, 0.15) is 24.5 Å². The molecule has 2 heterocycles. The number of anilines is 2. The summed E-state index contributed by atoms with van der Waals surface area (Å²) in [4.78, 5) is 26.1. The van der Waals surface area contributed by atoms with Gasteiger partial charge in [-0.1, -0.05) is 71.9 Å². The first kappa shape index (κ1) is 25.3. The van der Waals surface area contributed by atoms with Gasteiger partial charge in [0, 0.05) is 44.0 Å². The standard InChI is InChI=1S/C27H32ClN5OS/c1-20-8-6-7-11-23(20)32-14-16-33(17-15-32)25-18-24(28)30-27(31-25)35-19-26(34)29-21(2)12-13-22-9-4-3-5-10-22/h3-11,18,21H,12-17,19H2,1-2H3,(H,29,34). The fraction of sp³-hybridized carbons (Fsp3) is 0.370. The number of amides is 1. The normalized spacial score (nSPS) is 14.6. The minimum absolute atomic E-state index is 0.0208. The van der Waals surface area contributed by atoms with E-state index in [-0.39, 0.29) is 17.7 Å². The topological polar surface area (TPSA) is 61.4 Å². The number of thioether (sulfide) groups is 1. The SMILES string of the molecule is Cc1ccccc1N1CCN(c2cc(Cl)nc(SCC(=O)NC(C)CCc3ccccc3)n2)CC1. The quantitative estimate of drug-likeness (QED) is 0.249. The molecular weight excluding hydrogens is 478 g/mol. The van der Waals surface area contributed by atoms with Gasteiger partial charge in [0.2, 0.25) is 5.91 Å². The number of hydrogen-bond acceptors (Lipinski definition) is 6. The molecule has 0 aliphatic carbocycles. The maximum absolute atomic E-state index is 12.5. The molecule has 1 saturated heterocycles. The number of carbonyl (C=O) groups excluding carboxylic acids is 1. The largest absolute Gasteiger partial charge is 0.368 e. The fourth-order valence-electron chi connectivity index (χ4n) is 4.25. The summed E-state index contributed by atoms with van der Waals surface area (Å²) in [7, 11) is 0. The summed E-state index contributed by atoms with van der Waals surface area (Å²) in [5.41, 5.74) is 3.85. The van der Waals surface area contributed by atoms with Crippen LogP contribution in [0.25, 0.3) is 0 Å². The maximum atomic E-state index is 12.5. The molecule has 1 atom stereocenters. The Morgan fingerprint density at radius 1 is 1.03 bits per heavy atom. The van der Waals surface area contributed by atoms with Crippen LogP contribution in [0.5, 0.6) is 0 Å². The van der Waals surface area contributed by atoms with Gasteiger partial charge in [0.15, 0.2) is 5.16 Å². The van der Waals surface area contributed by atoms with E-state index >= 15 is 0 Å². The van der Waals surface area contributed by atoms with Crippen LogP contribution in [-0.4, -0.2) is 53.8 Å². The lowest BCUT2D eigenvalue weighted by atomic mass is 10.1. The smallest absolute Gasteiger partial charge is 0.230 e. The Balaban J connectivity index is 1.27. The second-order valence-corrected chi connectivity index (χ2v) is 10.2. The average Bonchev–Trinajstić information content (AvgIpc) is 2.87. The highest BCUT2D eigenvalue weighted by Gasteiger charge is 2.20. The van der Waals surface area contributed by atoms with Gasteiger partial charge in [-0.2, -0.15) is 0 Å². The predicted octanol–water partition coefficient (Wildman–Crippen LogP) is 4.99. The molecule has 35 heavy (non-hydrogen) atoms. The molecule has 1 N–H and O–H groups in total. The van der Waals surface area contributed by atoms with E-state index in [1.807, 2.05) is 25.1 Å². The van der Waals surface area contributed by atoms with Crippen molar-refractivity contribution in [2.45, 2.75) is 37.9 Å². The second-order valence-electron chi connectivity index (χ2n) is 8.87. The number of hydrogen-bond donors (Lipinski definition) is 1. The third-order valence-corrected chi connectivity index (χ3v) is 7.21. The molecule has 0 radical (unpaired) electrons. The van der Waals surface area contributed by atoms with Gasteiger partial charge in [-0.25, -0.2) is 9.97 Å². The highest BCUT2D eigenvalue weighted by Crippen LogP contribution is 2.25. The van der Waals surface area contributed by atoms with Gasteiger partial charge in [0.05, 0.1) is 5.75 Å². The highest BCUT2D eigenvalue weighted by atomic mass is 35.5. The Morgan fingerprint density at radius 2 is 1.71 bits per heavy atom. The van der Waals surface area contributed by atoms with Crippen molar-refractivity contribution in [1.29, 1.82) is 0 Å². The van der Waals surface area contributed by atoms with Gasteiger partial charge < -0.3 is 15.1 Å². The Bertz CT molecular complexity index is 1120. The van der Waals surface area contributed by atoms with E-state index in [2.05, 4.69) is 63.4 Å². The Morgan fingerprint density at radius 3 is 2.46 bits per heavy atom. The van der Waals surface area contributed by atoms with E-state index < -0.39 is 0 Å². The molecule has 1 fully saturated rings. The van der Waals surface area contributed by atoms with E-state index in [1.54, 1.807) is 6.07 Å². The van der Waals surface area contributed by atoms with Crippen LogP contribution in [0, 0.1) is 6.92 Å². The molecule has 1 amide bonds. The molecule has 0 saturated carbocycles. The lowest BCUT2D eigenvalue weighted by Crippen LogP contribution is -2.47.